The topological polar surface area (TPSA) is 64.9 Å². The van der Waals surface area contributed by atoms with Crippen molar-refractivity contribution in [1.29, 1.82) is 5.26 Å². The van der Waals surface area contributed by atoms with Crippen molar-refractivity contribution in [2.45, 2.75) is 6.18 Å². The Bertz CT molecular complexity index is 1150. The lowest BCUT2D eigenvalue weighted by Gasteiger charge is -2.11. The molecule has 0 saturated heterocycles. The molecule has 146 valence electrons. The molecule has 29 heavy (non-hydrogen) atoms. The first-order valence-corrected chi connectivity index (χ1v) is 8.69. The van der Waals surface area contributed by atoms with Crippen molar-refractivity contribution in [2.75, 3.05) is 10.6 Å². The highest BCUT2D eigenvalue weighted by atomic mass is 35.5. The smallest absolute Gasteiger partial charge is 0.360 e. The summed E-state index contributed by atoms with van der Waals surface area (Å²) in [6, 6.07) is 17.9. The zero-order chi connectivity index (χ0) is 21.0. The van der Waals surface area contributed by atoms with Gasteiger partial charge in [-0.1, -0.05) is 41.9 Å². The minimum absolute atomic E-state index is 0.126. The van der Waals surface area contributed by atoms with Crippen molar-refractivity contribution < 1.29 is 18.0 Å². The molecular formula is C21H13ClF3N3O. The number of nitrogens with zero attached hydrogens (tertiary/aromatic N) is 1. The summed E-state index contributed by atoms with van der Waals surface area (Å²) in [4.78, 5) is 12.3. The van der Waals surface area contributed by atoms with Gasteiger partial charge in [0.15, 0.2) is 0 Å². The molecule has 0 atom stereocenters. The van der Waals surface area contributed by atoms with E-state index in [0.717, 1.165) is 16.8 Å². The van der Waals surface area contributed by atoms with E-state index < -0.39 is 22.7 Å². The van der Waals surface area contributed by atoms with Crippen LogP contribution in [-0.4, -0.2) is 5.91 Å². The van der Waals surface area contributed by atoms with Crippen molar-refractivity contribution in [3.05, 3.63) is 83.0 Å². The Kier molecular flexibility index (Phi) is 5.76. The molecule has 0 aliphatic carbocycles. The molecule has 0 bridgehead atoms. The Morgan fingerprint density at radius 2 is 1.69 bits per heavy atom. The Balaban J connectivity index is 1.77. The van der Waals surface area contributed by atoms with E-state index in [1.807, 2.05) is 36.4 Å². The third-order valence-corrected chi connectivity index (χ3v) is 4.36. The van der Waals surface area contributed by atoms with Gasteiger partial charge in [-0.25, -0.2) is 0 Å². The zero-order valence-electron chi connectivity index (χ0n) is 14.7. The minimum atomic E-state index is -4.66. The van der Waals surface area contributed by atoms with E-state index in [-0.39, 0.29) is 11.3 Å². The number of rotatable bonds is 4. The molecule has 0 aliphatic heterocycles. The Labute approximate surface area is 169 Å². The number of hydrogen-bond donors (Lipinski definition) is 2. The molecule has 3 rings (SSSR count). The molecule has 0 saturated carbocycles. The van der Waals surface area contributed by atoms with Gasteiger partial charge < -0.3 is 10.6 Å². The van der Waals surface area contributed by atoms with Crippen LogP contribution in [0.15, 0.2) is 72.4 Å². The molecule has 0 unspecified atom stereocenters. The largest absolute Gasteiger partial charge is 0.417 e. The average Bonchev–Trinajstić information content (AvgIpc) is 2.69. The van der Waals surface area contributed by atoms with Gasteiger partial charge in [0.2, 0.25) is 0 Å². The lowest BCUT2D eigenvalue weighted by Crippen LogP contribution is -2.15. The van der Waals surface area contributed by atoms with Crippen LogP contribution in [0, 0.1) is 11.3 Å². The first kappa shape index (κ1) is 20.2. The Morgan fingerprint density at radius 1 is 1.00 bits per heavy atom. The van der Waals surface area contributed by atoms with Gasteiger partial charge in [0.05, 0.1) is 10.6 Å². The quantitative estimate of drug-likeness (QED) is 0.407. The van der Waals surface area contributed by atoms with Crippen LogP contribution in [0.2, 0.25) is 5.02 Å². The van der Waals surface area contributed by atoms with Gasteiger partial charge in [-0.2, -0.15) is 18.4 Å². The number of nitrogens with one attached hydrogen (secondary N) is 2. The van der Waals surface area contributed by atoms with E-state index in [9.17, 15) is 23.2 Å². The number of alkyl halides is 3. The van der Waals surface area contributed by atoms with Crippen LogP contribution < -0.4 is 10.6 Å². The SMILES string of the molecule is N#C/C(=C/Nc1ccc2ccccc2c1)C(=O)Nc1ccc(Cl)c(C(F)(F)F)c1. The van der Waals surface area contributed by atoms with E-state index in [1.165, 1.54) is 12.3 Å². The Hall–Kier alpha value is -3.50. The highest BCUT2D eigenvalue weighted by molar-refractivity contribution is 6.31. The van der Waals surface area contributed by atoms with Gasteiger partial charge in [0.1, 0.15) is 11.6 Å². The van der Waals surface area contributed by atoms with Gasteiger partial charge in [-0.3, -0.25) is 4.79 Å². The number of carbonyl (C=O) groups excluding carboxylic acids is 1. The molecule has 3 aromatic carbocycles. The summed E-state index contributed by atoms with van der Waals surface area (Å²) in [5.74, 6) is -0.851. The molecule has 0 aromatic heterocycles. The van der Waals surface area contributed by atoms with Crippen molar-refractivity contribution in [2.24, 2.45) is 0 Å². The lowest BCUT2D eigenvalue weighted by atomic mass is 10.1. The molecule has 1 amide bonds. The summed E-state index contributed by atoms with van der Waals surface area (Å²) in [7, 11) is 0. The van der Waals surface area contributed by atoms with Crippen molar-refractivity contribution >= 4 is 39.7 Å². The predicted molar refractivity (Wildman–Crippen MR) is 106 cm³/mol. The lowest BCUT2D eigenvalue weighted by molar-refractivity contribution is -0.137. The fourth-order valence-electron chi connectivity index (χ4n) is 2.60. The fraction of sp³-hybridized carbons (Fsp3) is 0.0476. The molecule has 0 spiro atoms. The number of hydrogen-bond acceptors (Lipinski definition) is 3. The second-order valence-electron chi connectivity index (χ2n) is 6.02. The summed E-state index contributed by atoms with van der Waals surface area (Å²) in [5.41, 5.74) is -0.857. The summed E-state index contributed by atoms with van der Waals surface area (Å²) < 4.78 is 38.8. The number of anilines is 2. The van der Waals surface area contributed by atoms with Gasteiger partial charge in [0.25, 0.3) is 5.91 Å². The number of halogens is 4. The first-order valence-electron chi connectivity index (χ1n) is 8.31. The monoisotopic (exact) mass is 415 g/mol. The third-order valence-electron chi connectivity index (χ3n) is 4.03. The van der Waals surface area contributed by atoms with Gasteiger partial charge in [-0.15, -0.1) is 0 Å². The van der Waals surface area contributed by atoms with Gasteiger partial charge in [0, 0.05) is 17.6 Å². The second-order valence-corrected chi connectivity index (χ2v) is 6.43. The van der Waals surface area contributed by atoms with Crippen LogP contribution in [0.1, 0.15) is 5.56 Å². The van der Waals surface area contributed by atoms with E-state index in [1.54, 1.807) is 12.1 Å². The molecule has 4 nitrogen and oxygen atoms in total. The van der Waals surface area contributed by atoms with Crippen molar-refractivity contribution in [1.82, 2.24) is 0 Å². The van der Waals surface area contributed by atoms with E-state index in [2.05, 4.69) is 10.6 Å². The normalized spacial score (nSPS) is 11.8. The highest BCUT2D eigenvalue weighted by Gasteiger charge is 2.33. The number of amides is 1. The maximum Gasteiger partial charge on any atom is 0.417 e. The van der Waals surface area contributed by atoms with Gasteiger partial charge >= 0.3 is 6.18 Å². The molecule has 8 heteroatoms. The van der Waals surface area contributed by atoms with Crippen LogP contribution in [-0.2, 0) is 11.0 Å². The van der Waals surface area contributed by atoms with E-state index in [4.69, 9.17) is 11.6 Å². The fourth-order valence-corrected chi connectivity index (χ4v) is 2.83. The predicted octanol–water partition coefficient (Wildman–Crippen LogP) is 5.97. The van der Waals surface area contributed by atoms with E-state index in [0.29, 0.717) is 11.8 Å². The second kappa shape index (κ2) is 8.25. The number of benzene rings is 3. The number of fused-ring (bicyclic) bond motifs is 1. The average molecular weight is 416 g/mol. The maximum atomic E-state index is 12.9. The van der Waals surface area contributed by atoms with Crippen LogP contribution in [0.25, 0.3) is 10.8 Å². The Morgan fingerprint density at radius 3 is 2.38 bits per heavy atom. The zero-order valence-corrected chi connectivity index (χ0v) is 15.5. The van der Waals surface area contributed by atoms with Crippen molar-refractivity contribution in [3.8, 4) is 6.07 Å². The first-order chi connectivity index (χ1) is 13.8. The van der Waals surface area contributed by atoms with E-state index >= 15 is 0 Å². The molecular weight excluding hydrogens is 403 g/mol. The summed E-state index contributed by atoms with van der Waals surface area (Å²) in [6.07, 6.45) is -3.47. The summed E-state index contributed by atoms with van der Waals surface area (Å²) >= 11 is 5.56. The highest BCUT2D eigenvalue weighted by Crippen LogP contribution is 2.36. The van der Waals surface area contributed by atoms with Gasteiger partial charge in [-0.05, 0) is 41.1 Å². The molecule has 2 N–H and O–H groups in total. The van der Waals surface area contributed by atoms with Crippen molar-refractivity contribution in [3.63, 3.8) is 0 Å². The summed E-state index contributed by atoms with van der Waals surface area (Å²) in [5, 5.41) is 15.9. The van der Waals surface area contributed by atoms with Crippen LogP contribution in [0.3, 0.4) is 0 Å². The van der Waals surface area contributed by atoms with Crippen LogP contribution >= 0.6 is 11.6 Å². The standard InChI is InChI=1S/C21H13ClF3N3O/c22-19-8-7-17(10-18(19)21(23,24)25)28-20(29)15(11-26)12-27-16-6-5-13-3-1-2-4-14(13)9-16/h1-10,12,27H,(H,28,29)/b15-12-. The maximum absolute atomic E-state index is 12.9. The number of nitriles is 1. The number of carbonyl (C=O) groups is 1. The molecule has 0 aliphatic rings. The van der Waals surface area contributed by atoms with Crippen LogP contribution in [0.4, 0.5) is 24.5 Å². The molecule has 0 radical (unpaired) electrons. The van der Waals surface area contributed by atoms with Crippen LogP contribution in [0.5, 0.6) is 0 Å². The molecule has 0 heterocycles. The minimum Gasteiger partial charge on any atom is -0.360 e. The molecule has 3 aromatic rings. The summed E-state index contributed by atoms with van der Waals surface area (Å²) in [6.45, 7) is 0. The third kappa shape index (κ3) is 4.86. The molecule has 0 fully saturated rings.